The molecule has 0 unspecified atom stereocenters. The van der Waals surface area contributed by atoms with Crippen LogP contribution in [0.25, 0.3) is 0 Å². The topological polar surface area (TPSA) is 102 Å². The van der Waals surface area contributed by atoms with Gasteiger partial charge < -0.3 is 15.4 Å². The van der Waals surface area contributed by atoms with E-state index in [9.17, 15) is 32.3 Å². The summed E-state index contributed by atoms with van der Waals surface area (Å²) in [5, 5.41) is 4.08. The summed E-state index contributed by atoms with van der Waals surface area (Å²) in [6, 6.07) is 4.92. The first-order valence-electron chi connectivity index (χ1n) is 8.62. The van der Waals surface area contributed by atoms with Crippen molar-refractivity contribution in [3.8, 4) is 0 Å². The van der Waals surface area contributed by atoms with Crippen molar-refractivity contribution in [3.05, 3.63) is 51.5 Å². The van der Waals surface area contributed by atoms with Gasteiger partial charge in [-0.15, -0.1) is 11.3 Å². The molecule has 1 aromatic heterocycles. The van der Waals surface area contributed by atoms with E-state index >= 15 is 0 Å². The molecule has 0 radical (unpaired) electrons. The van der Waals surface area contributed by atoms with Crippen LogP contribution in [0.5, 0.6) is 0 Å². The van der Waals surface area contributed by atoms with Crippen molar-refractivity contribution in [1.29, 1.82) is 0 Å². The molecule has 0 saturated carbocycles. The highest BCUT2D eigenvalue weighted by atomic mass is 32.1. The highest BCUT2D eigenvalue weighted by molar-refractivity contribution is 7.14. The monoisotopic (exact) mass is 442 g/mol. The van der Waals surface area contributed by atoms with Crippen molar-refractivity contribution < 1.29 is 37.1 Å². The predicted molar refractivity (Wildman–Crippen MR) is 102 cm³/mol. The van der Waals surface area contributed by atoms with Crippen molar-refractivity contribution in [3.63, 3.8) is 0 Å². The summed E-state index contributed by atoms with van der Waals surface area (Å²) in [6.45, 7) is 0.548. The lowest BCUT2D eigenvalue weighted by Crippen LogP contribution is -2.35. The normalized spacial score (nSPS) is 10.4. The summed E-state index contributed by atoms with van der Waals surface area (Å²) >= 11 is 1.31. The third-order valence-corrected chi connectivity index (χ3v) is 4.73. The Balaban J connectivity index is 1.68. The second kappa shape index (κ2) is 10.5. The lowest BCUT2D eigenvalue weighted by Gasteiger charge is -2.09. The van der Waals surface area contributed by atoms with Gasteiger partial charge in [-0.2, -0.15) is 0 Å². The molecule has 0 aliphatic rings. The van der Waals surface area contributed by atoms with Crippen LogP contribution in [0.4, 0.5) is 18.9 Å². The number of anilines is 1. The Morgan fingerprint density at radius 2 is 1.70 bits per heavy atom. The number of thiophene rings is 1. The van der Waals surface area contributed by atoms with Crippen molar-refractivity contribution in [2.45, 2.75) is 19.8 Å². The molecular weight excluding hydrogens is 425 g/mol. The summed E-state index contributed by atoms with van der Waals surface area (Å²) in [5.41, 5.74) is -0.592. The first kappa shape index (κ1) is 23.1. The number of Topliss-reactive ketones (excluding diaryl/α,β-unsaturated/α-hetero) is 1. The van der Waals surface area contributed by atoms with Crippen LogP contribution in [0.2, 0.25) is 0 Å². The van der Waals surface area contributed by atoms with E-state index in [2.05, 4.69) is 5.32 Å². The minimum atomic E-state index is -1.74. The first-order chi connectivity index (χ1) is 14.2. The van der Waals surface area contributed by atoms with Crippen LogP contribution < -0.4 is 10.6 Å². The number of hydrogen-bond donors (Lipinski definition) is 2. The van der Waals surface area contributed by atoms with Gasteiger partial charge in [0.2, 0.25) is 5.91 Å². The van der Waals surface area contributed by atoms with E-state index in [0.29, 0.717) is 10.9 Å². The van der Waals surface area contributed by atoms with Crippen molar-refractivity contribution >= 4 is 40.6 Å². The number of benzene rings is 1. The van der Waals surface area contributed by atoms with Crippen molar-refractivity contribution in [2.24, 2.45) is 0 Å². The lowest BCUT2D eigenvalue weighted by molar-refractivity contribution is -0.148. The average molecular weight is 442 g/mol. The molecule has 11 heteroatoms. The van der Waals surface area contributed by atoms with Gasteiger partial charge in [0.05, 0.1) is 23.5 Å². The second-order valence-corrected chi connectivity index (χ2v) is 7.33. The van der Waals surface area contributed by atoms with E-state index in [4.69, 9.17) is 4.74 Å². The van der Waals surface area contributed by atoms with Gasteiger partial charge in [0.15, 0.2) is 29.8 Å². The van der Waals surface area contributed by atoms with Crippen LogP contribution in [0.1, 0.15) is 27.4 Å². The number of hydrogen-bond acceptors (Lipinski definition) is 6. The molecule has 7 nitrogen and oxygen atoms in total. The van der Waals surface area contributed by atoms with Crippen molar-refractivity contribution in [2.75, 3.05) is 18.5 Å². The van der Waals surface area contributed by atoms with Gasteiger partial charge in [0, 0.05) is 11.3 Å². The number of aryl methyl sites for hydroxylation is 1. The van der Waals surface area contributed by atoms with Gasteiger partial charge >= 0.3 is 5.97 Å². The first-order valence-corrected chi connectivity index (χ1v) is 9.44. The number of amides is 2. The van der Waals surface area contributed by atoms with E-state index in [1.807, 2.05) is 12.2 Å². The van der Waals surface area contributed by atoms with E-state index in [-0.39, 0.29) is 18.6 Å². The Bertz CT molecular complexity index is 977. The van der Waals surface area contributed by atoms with Gasteiger partial charge in [-0.3, -0.25) is 19.2 Å². The maximum atomic E-state index is 13.5. The van der Waals surface area contributed by atoms with Gasteiger partial charge in [0.1, 0.15) is 0 Å². The van der Waals surface area contributed by atoms with Crippen LogP contribution >= 0.6 is 11.3 Å². The highest BCUT2D eigenvalue weighted by Crippen LogP contribution is 2.19. The number of carbonyl (C=O) groups excluding carboxylic acids is 4. The Labute approximate surface area is 173 Å². The quantitative estimate of drug-likeness (QED) is 0.353. The molecule has 160 valence electrons. The fourth-order valence-electron chi connectivity index (χ4n) is 2.19. The van der Waals surface area contributed by atoms with E-state index in [1.165, 1.54) is 11.3 Å². The summed E-state index contributed by atoms with van der Waals surface area (Å²) in [6.07, 6.45) is -0.276. The number of nitrogens with one attached hydrogen (secondary N) is 2. The summed E-state index contributed by atoms with van der Waals surface area (Å²) in [4.78, 5) is 48.3. The van der Waals surface area contributed by atoms with Crippen LogP contribution in [-0.2, 0) is 19.1 Å². The maximum Gasteiger partial charge on any atom is 0.306 e. The molecule has 2 rings (SSSR count). The molecular formula is C19H17F3N2O5S. The standard InChI is InChI=1S/C19H17F3N2O5S/c1-10-2-6-14(30-10)13(25)5-7-17(28)29-9-16(27)23-8-15(26)24-12-4-3-11(20)18(21)19(12)22/h2-4,6H,5,7-9H2,1H3,(H,23,27)(H,24,26). The Hall–Kier alpha value is -3.21. The van der Waals surface area contributed by atoms with Crippen LogP contribution in [0.15, 0.2) is 24.3 Å². The fourth-order valence-corrected chi connectivity index (χ4v) is 3.02. The number of ether oxygens (including phenoxy) is 1. The third-order valence-electron chi connectivity index (χ3n) is 3.69. The minimum absolute atomic E-state index is 0.0669. The fraction of sp³-hybridized carbons (Fsp3) is 0.263. The van der Waals surface area contributed by atoms with Gasteiger partial charge in [-0.05, 0) is 31.2 Å². The third kappa shape index (κ3) is 6.69. The molecule has 0 aliphatic carbocycles. The number of halogens is 3. The molecule has 0 aliphatic heterocycles. The summed E-state index contributed by atoms with van der Waals surface area (Å²) in [7, 11) is 0. The Morgan fingerprint density at radius 3 is 2.37 bits per heavy atom. The van der Waals surface area contributed by atoms with E-state index in [1.54, 1.807) is 12.1 Å². The SMILES string of the molecule is Cc1ccc(C(=O)CCC(=O)OCC(=O)NCC(=O)Nc2ccc(F)c(F)c2F)s1. The summed E-state index contributed by atoms with van der Waals surface area (Å²) < 4.78 is 44.1. The largest absolute Gasteiger partial charge is 0.456 e. The maximum absolute atomic E-state index is 13.5. The van der Waals surface area contributed by atoms with Gasteiger partial charge in [-0.25, -0.2) is 13.2 Å². The number of esters is 1. The minimum Gasteiger partial charge on any atom is -0.456 e. The van der Waals surface area contributed by atoms with Crippen LogP contribution in [-0.4, -0.2) is 36.7 Å². The molecule has 2 aromatic rings. The van der Waals surface area contributed by atoms with Crippen LogP contribution in [0, 0.1) is 24.4 Å². The molecule has 30 heavy (non-hydrogen) atoms. The Morgan fingerprint density at radius 1 is 0.967 bits per heavy atom. The van der Waals surface area contributed by atoms with Gasteiger partial charge in [-0.1, -0.05) is 0 Å². The Kier molecular flexibility index (Phi) is 8.10. The molecule has 0 spiro atoms. The average Bonchev–Trinajstić information content (AvgIpc) is 3.15. The highest BCUT2D eigenvalue weighted by Gasteiger charge is 2.16. The van der Waals surface area contributed by atoms with Crippen LogP contribution in [0.3, 0.4) is 0 Å². The predicted octanol–water partition coefficient (Wildman–Crippen LogP) is 2.73. The zero-order valence-corrected chi connectivity index (χ0v) is 16.5. The molecule has 1 heterocycles. The number of ketones is 1. The molecule has 2 N–H and O–H groups in total. The molecule has 2 amide bonds. The van der Waals surface area contributed by atoms with E-state index in [0.717, 1.165) is 10.9 Å². The van der Waals surface area contributed by atoms with Crippen molar-refractivity contribution in [1.82, 2.24) is 5.32 Å². The molecule has 0 fully saturated rings. The zero-order valence-electron chi connectivity index (χ0n) is 15.7. The molecule has 1 aromatic carbocycles. The number of rotatable bonds is 9. The molecule has 0 bridgehead atoms. The van der Waals surface area contributed by atoms with E-state index < -0.39 is 54.1 Å². The smallest absolute Gasteiger partial charge is 0.306 e. The zero-order chi connectivity index (χ0) is 22.3. The summed E-state index contributed by atoms with van der Waals surface area (Å²) in [5.74, 6) is -7.42. The number of carbonyl (C=O) groups is 4. The van der Waals surface area contributed by atoms with Gasteiger partial charge in [0.25, 0.3) is 5.91 Å². The molecule has 0 atom stereocenters. The molecule has 0 saturated heterocycles. The lowest BCUT2D eigenvalue weighted by atomic mass is 10.2. The second-order valence-electron chi connectivity index (χ2n) is 6.04.